The van der Waals surface area contributed by atoms with E-state index < -0.39 is 22.5 Å². The molecule has 0 aliphatic heterocycles. The standard InChI is InChI=1S/C19H32N2O5S/c1-3-4-5-6-7-8-9-10-15-21(16-19(22)20-23)27(24,25)18-13-11-17(26-2)12-14-18/h11-14,23H,3-10,15-16H2,1-2H3,(H,20,22). The van der Waals surface area contributed by atoms with E-state index in [1.165, 1.54) is 50.4 Å². The van der Waals surface area contributed by atoms with E-state index in [0.29, 0.717) is 12.2 Å². The molecule has 7 nitrogen and oxygen atoms in total. The molecular formula is C19H32N2O5S. The van der Waals surface area contributed by atoms with Gasteiger partial charge in [0.15, 0.2) is 0 Å². The highest BCUT2D eigenvalue weighted by molar-refractivity contribution is 7.89. The van der Waals surface area contributed by atoms with Gasteiger partial charge in [-0.3, -0.25) is 10.0 Å². The van der Waals surface area contributed by atoms with Crippen LogP contribution in [-0.4, -0.2) is 44.0 Å². The van der Waals surface area contributed by atoms with E-state index in [1.54, 1.807) is 12.1 Å². The molecule has 2 N–H and O–H groups in total. The summed E-state index contributed by atoms with van der Waals surface area (Å²) in [6.45, 7) is 2.00. The van der Waals surface area contributed by atoms with Gasteiger partial charge in [0.2, 0.25) is 10.0 Å². The van der Waals surface area contributed by atoms with Crippen LogP contribution in [0.15, 0.2) is 29.2 Å². The Hall–Kier alpha value is -1.64. The fourth-order valence-corrected chi connectivity index (χ4v) is 4.23. The Morgan fingerprint density at radius 2 is 1.59 bits per heavy atom. The minimum absolute atomic E-state index is 0.0913. The summed E-state index contributed by atoms with van der Waals surface area (Å²) < 4.78 is 31.8. The van der Waals surface area contributed by atoms with E-state index in [4.69, 9.17) is 9.94 Å². The van der Waals surface area contributed by atoms with Crippen LogP contribution in [0.3, 0.4) is 0 Å². The zero-order chi connectivity index (χ0) is 20.1. The number of sulfonamides is 1. The van der Waals surface area contributed by atoms with Gasteiger partial charge < -0.3 is 4.74 Å². The van der Waals surface area contributed by atoms with Crippen LogP contribution in [0.5, 0.6) is 5.75 Å². The second-order valence-corrected chi connectivity index (χ2v) is 8.46. The van der Waals surface area contributed by atoms with Crippen LogP contribution >= 0.6 is 0 Å². The van der Waals surface area contributed by atoms with Gasteiger partial charge in [0.25, 0.3) is 5.91 Å². The van der Waals surface area contributed by atoms with Gasteiger partial charge in [-0.15, -0.1) is 0 Å². The molecule has 27 heavy (non-hydrogen) atoms. The minimum atomic E-state index is -3.83. The molecule has 0 bridgehead atoms. The summed E-state index contributed by atoms with van der Waals surface area (Å²) >= 11 is 0. The third-order valence-electron chi connectivity index (χ3n) is 4.40. The van der Waals surface area contributed by atoms with Gasteiger partial charge in [0.05, 0.1) is 18.6 Å². The fraction of sp³-hybridized carbons (Fsp3) is 0.632. The van der Waals surface area contributed by atoms with Crippen molar-refractivity contribution in [2.75, 3.05) is 20.2 Å². The molecule has 0 aromatic heterocycles. The topological polar surface area (TPSA) is 95.9 Å². The van der Waals surface area contributed by atoms with Crippen molar-refractivity contribution in [3.05, 3.63) is 24.3 Å². The normalized spacial score (nSPS) is 11.6. The van der Waals surface area contributed by atoms with E-state index >= 15 is 0 Å². The van der Waals surface area contributed by atoms with E-state index in [-0.39, 0.29) is 11.4 Å². The molecule has 1 aromatic rings. The Balaban J connectivity index is 2.65. The van der Waals surface area contributed by atoms with Crippen LogP contribution in [0.25, 0.3) is 0 Å². The number of benzene rings is 1. The van der Waals surface area contributed by atoms with E-state index in [1.807, 2.05) is 0 Å². The van der Waals surface area contributed by atoms with Gasteiger partial charge in [-0.25, -0.2) is 13.9 Å². The van der Waals surface area contributed by atoms with Crippen LogP contribution in [0.4, 0.5) is 0 Å². The lowest BCUT2D eigenvalue weighted by molar-refractivity contribution is -0.129. The number of hydrogen-bond acceptors (Lipinski definition) is 5. The second kappa shape index (κ2) is 12.7. The number of nitrogens with zero attached hydrogens (tertiary/aromatic N) is 1. The van der Waals surface area contributed by atoms with Gasteiger partial charge in [-0.05, 0) is 30.7 Å². The monoisotopic (exact) mass is 400 g/mol. The number of hydroxylamine groups is 1. The molecule has 8 heteroatoms. The highest BCUT2D eigenvalue weighted by atomic mass is 32.2. The SMILES string of the molecule is CCCCCCCCCCN(CC(=O)NO)S(=O)(=O)c1ccc(OC)cc1. The van der Waals surface area contributed by atoms with E-state index in [9.17, 15) is 13.2 Å². The number of carbonyl (C=O) groups excluding carboxylic acids is 1. The smallest absolute Gasteiger partial charge is 0.258 e. The first-order chi connectivity index (χ1) is 13.0. The van der Waals surface area contributed by atoms with Crippen molar-refractivity contribution in [2.24, 2.45) is 0 Å². The minimum Gasteiger partial charge on any atom is -0.497 e. The molecule has 0 saturated heterocycles. The Bertz CT molecular complexity index is 647. The number of methoxy groups -OCH3 is 1. The summed E-state index contributed by atoms with van der Waals surface area (Å²) in [6.07, 6.45) is 8.67. The maximum absolute atomic E-state index is 12.8. The maximum atomic E-state index is 12.8. The lowest BCUT2D eigenvalue weighted by Gasteiger charge is -2.21. The maximum Gasteiger partial charge on any atom is 0.258 e. The van der Waals surface area contributed by atoms with Crippen LogP contribution in [0.1, 0.15) is 58.3 Å². The molecule has 1 aromatic carbocycles. The number of amides is 1. The molecule has 0 fully saturated rings. The number of rotatable bonds is 14. The zero-order valence-electron chi connectivity index (χ0n) is 16.3. The number of nitrogens with one attached hydrogen (secondary N) is 1. The van der Waals surface area contributed by atoms with Crippen molar-refractivity contribution in [1.82, 2.24) is 9.79 Å². The third-order valence-corrected chi connectivity index (χ3v) is 6.26. The molecule has 0 aliphatic rings. The lowest BCUT2D eigenvalue weighted by atomic mass is 10.1. The van der Waals surface area contributed by atoms with Gasteiger partial charge in [-0.2, -0.15) is 4.31 Å². The molecule has 0 saturated carbocycles. The Labute approximate surface area is 162 Å². The number of hydrogen-bond donors (Lipinski definition) is 2. The predicted molar refractivity (Wildman–Crippen MR) is 104 cm³/mol. The van der Waals surface area contributed by atoms with Crippen molar-refractivity contribution in [3.8, 4) is 5.75 Å². The average Bonchev–Trinajstić information content (AvgIpc) is 2.68. The summed E-state index contributed by atoms with van der Waals surface area (Å²) in [7, 11) is -2.33. The quantitative estimate of drug-likeness (QED) is 0.284. The number of ether oxygens (including phenoxy) is 1. The Kier molecular flexibility index (Phi) is 11.0. The first kappa shape index (κ1) is 23.4. The molecule has 1 rings (SSSR count). The largest absolute Gasteiger partial charge is 0.497 e. The van der Waals surface area contributed by atoms with Crippen LogP contribution in [-0.2, 0) is 14.8 Å². The van der Waals surface area contributed by atoms with Gasteiger partial charge in [0.1, 0.15) is 5.75 Å². The first-order valence-electron chi connectivity index (χ1n) is 9.52. The van der Waals surface area contributed by atoms with Crippen LogP contribution < -0.4 is 10.2 Å². The summed E-state index contributed by atoms with van der Waals surface area (Å²) in [5, 5.41) is 8.76. The van der Waals surface area contributed by atoms with Crippen molar-refractivity contribution in [3.63, 3.8) is 0 Å². The third kappa shape index (κ3) is 8.28. The molecule has 0 radical (unpaired) electrons. The highest BCUT2D eigenvalue weighted by Crippen LogP contribution is 2.20. The summed E-state index contributed by atoms with van der Waals surface area (Å²) in [5.74, 6) is -0.205. The second-order valence-electron chi connectivity index (χ2n) is 6.52. The zero-order valence-corrected chi connectivity index (χ0v) is 17.1. The number of carbonyl (C=O) groups is 1. The van der Waals surface area contributed by atoms with Crippen molar-refractivity contribution in [1.29, 1.82) is 0 Å². The van der Waals surface area contributed by atoms with Gasteiger partial charge in [-0.1, -0.05) is 51.9 Å². The van der Waals surface area contributed by atoms with Gasteiger partial charge in [0, 0.05) is 6.54 Å². The molecule has 0 unspecified atom stereocenters. The predicted octanol–water partition coefficient (Wildman–Crippen LogP) is 3.33. The molecular weight excluding hydrogens is 368 g/mol. The number of unbranched alkanes of at least 4 members (excludes halogenated alkanes) is 7. The van der Waals surface area contributed by atoms with Crippen molar-refractivity contribution < 1.29 is 23.2 Å². The fourth-order valence-electron chi connectivity index (χ4n) is 2.80. The van der Waals surface area contributed by atoms with Crippen molar-refractivity contribution in [2.45, 2.75) is 63.2 Å². The molecule has 0 atom stereocenters. The van der Waals surface area contributed by atoms with Crippen LogP contribution in [0.2, 0.25) is 0 Å². The average molecular weight is 401 g/mol. The molecule has 1 amide bonds. The van der Waals surface area contributed by atoms with Gasteiger partial charge >= 0.3 is 0 Å². The van der Waals surface area contributed by atoms with E-state index in [0.717, 1.165) is 23.6 Å². The van der Waals surface area contributed by atoms with Crippen molar-refractivity contribution >= 4 is 15.9 Å². The highest BCUT2D eigenvalue weighted by Gasteiger charge is 2.26. The molecule has 0 spiro atoms. The lowest BCUT2D eigenvalue weighted by Crippen LogP contribution is -2.40. The van der Waals surface area contributed by atoms with Crippen LogP contribution in [0, 0.1) is 0 Å². The Morgan fingerprint density at radius 3 is 2.11 bits per heavy atom. The molecule has 154 valence electrons. The molecule has 0 aliphatic carbocycles. The summed E-state index contributed by atoms with van der Waals surface area (Å²) in [4.78, 5) is 11.6. The molecule has 0 heterocycles. The van der Waals surface area contributed by atoms with E-state index in [2.05, 4.69) is 6.92 Å². The first-order valence-corrected chi connectivity index (χ1v) is 11.0. The Morgan fingerprint density at radius 1 is 1.04 bits per heavy atom. The summed E-state index contributed by atoms with van der Waals surface area (Å²) in [6, 6.07) is 6.03. The summed E-state index contributed by atoms with van der Waals surface area (Å²) in [5.41, 5.74) is 1.50.